The van der Waals surface area contributed by atoms with Crippen molar-refractivity contribution < 1.29 is 8.42 Å². The van der Waals surface area contributed by atoms with Crippen molar-refractivity contribution in [3.8, 4) is 0 Å². The van der Waals surface area contributed by atoms with Gasteiger partial charge in [0.25, 0.3) is 0 Å². The fourth-order valence-electron chi connectivity index (χ4n) is 4.26. The fourth-order valence-corrected chi connectivity index (χ4v) is 5.18. The van der Waals surface area contributed by atoms with Crippen LogP contribution in [0.2, 0.25) is 0 Å². The summed E-state index contributed by atoms with van der Waals surface area (Å²) in [6.45, 7) is 3.60. The summed E-state index contributed by atoms with van der Waals surface area (Å²) in [5.41, 5.74) is 5.77. The predicted octanol–water partition coefficient (Wildman–Crippen LogP) is 4.19. The van der Waals surface area contributed by atoms with Crippen molar-refractivity contribution in [1.82, 2.24) is 13.9 Å². The smallest absolute Gasteiger partial charge is 0.242 e. The number of nitrogens with zero attached hydrogens (tertiary/aromatic N) is 3. The van der Waals surface area contributed by atoms with Crippen LogP contribution in [0.25, 0.3) is 11.0 Å². The Hall–Kier alpha value is -2.38. The molecule has 6 nitrogen and oxygen atoms in total. The van der Waals surface area contributed by atoms with Gasteiger partial charge in [-0.1, -0.05) is 19.1 Å². The molecular formula is C23H30N4O2S. The van der Waals surface area contributed by atoms with Crippen molar-refractivity contribution in [2.24, 2.45) is 0 Å². The third-order valence-corrected chi connectivity index (χ3v) is 7.67. The number of fused-ring (bicyclic) bond motifs is 2. The normalized spacial score (nSPS) is 14.3. The minimum atomic E-state index is -3.48. The Bertz CT molecular complexity index is 1170. The zero-order valence-corrected chi connectivity index (χ0v) is 18.8. The summed E-state index contributed by atoms with van der Waals surface area (Å²) in [6, 6.07) is 11.8. The minimum Gasteiger partial charge on any atom is -0.378 e. The van der Waals surface area contributed by atoms with Gasteiger partial charge in [0.05, 0.1) is 22.5 Å². The highest BCUT2D eigenvalue weighted by Crippen LogP contribution is 2.29. The maximum Gasteiger partial charge on any atom is 0.242 e. The first-order valence-corrected chi connectivity index (χ1v) is 12.1. The summed E-state index contributed by atoms with van der Waals surface area (Å²) < 4.78 is 28.5. The first-order chi connectivity index (χ1) is 14.4. The molecule has 0 amide bonds. The Balaban J connectivity index is 1.67. The zero-order valence-electron chi connectivity index (χ0n) is 18.0. The van der Waals surface area contributed by atoms with Gasteiger partial charge in [-0.15, -0.1) is 0 Å². The number of imidazole rings is 1. The van der Waals surface area contributed by atoms with Gasteiger partial charge in [-0.05, 0) is 67.5 Å². The number of rotatable bonds is 7. The van der Waals surface area contributed by atoms with Crippen LogP contribution >= 0.6 is 0 Å². The second-order valence-electron chi connectivity index (χ2n) is 8.12. The van der Waals surface area contributed by atoms with E-state index in [0.717, 1.165) is 42.7 Å². The van der Waals surface area contributed by atoms with E-state index in [1.807, 2.05) is 6.07 Å². The Labute approximate surface area is 179 Å². The number of aryl methyl sites for hydroxylation is 2. The van der Waals surface area contributed by atoms with Crippen molar-refractivity contribution in [3.05, 3.63) is 53.3 Å². The molecule has 0 unspecified atom stereocenters. The molecule has 1 aromatic heterocycles. The van der Waals surface area contributed by atoms with E-state index in [1.54, 1.807) is 26.2 Å². The number of nitrogens with one attached hydrogen (secondary N) is 1. The quantitative estimate of drug-likeness (QED) is 0.615. The molecule has 160 valence electrons. The summed E-state index contributed by atoms with van der Waals surface area (Å²) >= 11 is 0. The van der Waals surface area contributed by atoms with Gasteiger partial charge in [-0.25, -0.2) is 17.7 Å². The van der Waals surface area contributed by atoms with Gasteiger partial charge in [-0.3, -0.25) is 0 Å². The molecule has 1 heterocycles. The van der Waals surface area contributed by atoms with Gasteiger partial charge in [0, 0.05) is 26.3 Å². The fraction of sp³-hybridized carbons (Fsp3) is 0.435. The molecule has 0 bridgehead atoms. The van der Waals surface area contributed by atoms with Crippen LogP contribution in [0.3, 0.4) is 0 Å². The zero-order chi connectivity index (χ0) is 21.3. The van der Waals surface area contributed by atoms with E-state index in [-0.39, 0.29) is 4.90 Å². The van der Waals surface area contributed by atoms with E-state index in [9.17, 15) is 8.42 Å². The lowest BCUT2D eigenvalue weighted by atomic mass is 9.90. The number of hydrogen-bond acceptors (Lipinski definition) is 4. The molecule has 1 aliphatic carbocycles. The summed E-state index contributed by atoms with van der Waals surface area (Å²) in [5, 5.41) is 3.60. The highest BCUT2D eigenvalue weighted by atomic mass is 32.2. The molecule has 0 saturated carbocycles. The number of hydrogen-bond donors (Lipinski definition) is 1. The minimum absolute atomic E-state index is 0.276. The molecule has 1 aliphatic rings. The lowest BCUT2D eigenvalue weighted by Crippen LogP contribution is -2.22. The highest BCUT2D eigenvalue weighted by molar-refractivity contribution is 7.89. The third kappa shape index (κ3) is 3.84. The van der Waals surface area contributed by atoms with Crippen LogP contribution in [0.5, 0.6) is 0 Å². The molecule has 1 N–H and O–H groups in total. The number of sulfonamides is 1. The number of aromatic nitrogens is 2. The SMILES string of the molecule is CCCn1c(CNc2cccc3c2CCCC3)nc2cc(S(=O)(=O)N(C)C)ccc21. The second kappa shape index (κ2) is 8.40. The molecule has 0 radical (unpaired) electrons. The van der Waals surface area contributed by atoms with E-state index >= 15 is 0 Å². The second-order valence-corrected chi connectivity index (χ2v) is 10.3. The first-order valence-electron chi connectivity index (χ1n) is 10.7. The van der Waals surface area contributed by atoms with Gasteiger partial charge >= 0.3 is 0 Å². The largest absolute Gasteiger partial charge is 0.378 e. The highest BCUT2D eigenvalue weighted by Gasteiger charge is 2.20. The Morgan fingerprint density at radius 3 is 2.70 bits per heavy atom. The maximum absolute atomic E-state index is 12.5. The molecular weight excluding hydrogens is 396 g/mol. The Morgan fingerprint density at radius 2 is 1.93 bits per heavy atom. The summed E-state index contributed by atoms with van der Waals surface area (Å²) in [4.78, 5) is 5.09. The van der Waals surface area contributed by atoms with E-state index in [1.165, 1.54) is 34.0 Å². The van der Waals surface area contributed by atoms with E-state index < -0.39 is 10.0 Å². The van der Waals surface area contributed by atoms with Gasteiger partial charge in [-0.2, -0.15) is 0 Å². The number of anilines is 1. The first kappa shape index (κ1) is 20.9. The van der Waals surface area contributed by atoms with Crippen molar-refractivity contribution in [2.45, 2.75) is 57.0 Å². The summed E-state index contributed by atoms with van der Waals surface area (Å²) in [5.74, 6) is 0.930. The van der Waals surface area contributed by atoms with E-state index in [0.29, 0.717) is 6.54 Å². The van der Waals surface area contributed by atoms with Crippen molar-refractivity contribution >= 4 is 26.7 Å². The Kier molecular flexibility index (Phi) is 5.84. The monoisotopic (exact) mass is 426 g/mol. The van der Waals surface area contributed by atoms with Gasteiger partial charge in [0.15, 0.2) is 0 Å². The molecule has 0 spiro atoms. The molecule has 0 saturated heterocycles. The van der Waals surface area contributed by atoms with Gasteiger partial charge in [0.1, 0.15) is 5.82 Å². The van der Waals surface area contributed by atoms with Crippen LogP contribution in [0.15, 0.2) is 41.3 Å². The van der Waals surface area contributed by atoms with Crippen LogP contribution in [0.4, 0.5) is 5.69 Å². The van der Waals surface area contributed by atoms with Crippen LogP contribution in [-0.4, -0.2) is 36.4 Å². The standard InChI is InChI=1S/C23H30N4O2S/c1-4-14-27-22-13-12-18(30(28,29)26(2)3)15-21(22)25-23(27)16-24-20-11-7-9-17-8-5-6-10-19(17)20/h7,9,11-13,15,24H,4-6,8,10,14,16H2,1-3H3. The molecule has 0 aliphatic heterocycles. The molecule has 7 heteroatoms. The van der Waals surface area contributed by atoms with Crippen molar-refractivity contribution in [3.63, 3.8) is 0 Å². The van der Waals surface area contributed by atoms with Crippen LogP contribution in [0.1, 0.15) is 43.1 Å². The van der Waals surface area contributed by atoms with Crippen LogP contribution in [-0.2, 0) is 36.0 Å². The van der Waals surface area contributed by atoms with Gasteiger partial charge in [0.2, 0.25) is 10.0 Å². The van der Waals surface area contributed by atoms with Crippen molar-refractivity contribution in [2.75, 3.05) is 19.4 Å². The molecule has 0 fully saturated rings. The molecule has 2 aromatic carbocycles. The Morgan fingerprint density at radius 1 is 1.13 bits per heavy atom. The summed E-state index contributed by atoms with van der Waals surface area (Å²) in [6.07, 6.45) is 5.76. The van der Waals surface area contributed by atoms with Crippen molar-refractivity contribution in [1.29, 1.82) is 0 Å². The number of benzene rings is 2. The molecule has 4 rings (SSSR count). The van der Waals surface area contributed by atoms with E-state index in [4.69, 9.17) is 4.98 Å². The average Bonchev–Trinajstić information content (AvgIpc) is 3.09. The lowest BCUT2D eigenvalue weighted by molar-refractivity contribution is 0.521. The van der Waals surface area contributed by atoms with Gasteiger partial charge < -0.3 is 9.88 Å². The summed E-state index contributed by atoms with van der Waals surface area (Å²) in [7, 11) is -0.388. The predicted molar refractivity (Wildman–Crippen MR) is 121 cm³/mol. The third-order valence-electron chi connectivity index (χ3n) is 5.86. The van der Waals surface area contributed by atoms with E-state index in [2.05, 4.69) is 35.0 Å². The van der Waals surface area contributed by atoms with Crippen LogP contribution < -0.4 is 5.32 Å². The molecule has 3 aromatic rings. The molecule has 30 heavy (non-hydrogen) atoms. The lowest BCUT2D eigenvalue weighted by Gasteiger charge is -2.20. The maximum atomic E-state index is 12.5. The topological polar surface area (TPSA) is 67.2 Å². The molecule has 0 atom stereocenters. The average molecular weight is 427 g/mol. The van der Waals surface area contributed by atoms with Crippen LogP contribution in [0, 0.1) is 0 Å².